The number of nitrogens with one attached hydrogen (secondary N) is 1. The smallest absolute Gasteiger partial charge is 0.451 e. The van der Waals surface area contributed by atoms with Gasteiger partial charge in [-0.15, -0.1) is 5.10 Å². The number of benzene rings is 1. The lowest BCUT2D eigenvalue weighted by Gasteiger charge is -2.04. The molecule has 10 heteroatoms. The first-order valence-electron chi connectivity index (χ1n) is 5.07. The SMILES string of the molecule is Nc1ccc(Sc2n[nH]c(C(F)(F)F)n2)c(C(=O)O)c1. The number of nitrogens with two attached hydrogens (primary N) is 1. The minimum Gasteiger partial charge on any atom is -0.478 e. The summed E-state index contributed by atoms with van der Waals surface area (Å²) in [6.07, 6.45) is -4.64. The van der Waals surface area contributed by atoms with Gasteiger partial charge in [-0.1, -0.05) is 0 Å². The Morgan fingerprint density at radius 2 is 2.10 bits per heavy atom. The van der Waals surface area contributed by atoms with Crippen molar-refractivity contribution in [2.75, 3.05) is 5.73 Å². The number of rotatable bonds is 3. The van der Waals surface area contributed by atoms with Crippen LogP contribution >= 0.6 is 11.8 Å². The van der Waals surface area contributed by atoms with Crippen molar-refractivity contribution < 1.29 is 23.1 Å². The van der Waals surface area contributed by atoms with Crippen LogP contribution in [0.3, 0.4) is 0 Å². The molecular weight excluding hydrogens is 297 g/mol. The number of anilines is 1. The molecule has 0 atom stereocenters. The van der Waals surface area contributed by atoms with E-state index < -0.39 is 18.0 Å². The van der Waals surface area contributed by atoms with Gasteiger partial charge in [-0.2, -0.15) is 18.2 Å². The van der Waals surface area contributed by atoms with Gasteiger partial charge in [-0.25, -0.2) is 4.79 Å². The Bertz CT molecular complexity index is 656. The maximum Gasteiger partial charge on any atom is 0.451 e. The predicted molar refractivity (Wildman–Crippen MR) is 63.3 cm³/mol. The van der Waals surface area contributed by atoms with E-state index in [0.29, 0.717) is 11.8 Å². The Balaban J connectivity index is 2.31. The largest absolute Gasteiger partial charge is 0.478 e. The van der Waals surface area contributed by atoms with E-state index in [1.807, 2.05) is 0 Å². The van der Waals surface area contributed by atoms with Crippen molar-refractivity contribution in [2.24, 2.45) is 0 Å². The number of carboxylic acids is 1. The Kier molecular flexibility index (Phi) is 3.57. The first kappa shape index (κ1) is 14.2. The molecule has 1 aromatic heterocycles. The highest BCUT2D eigenvalue weighted by atomic mass is 32.2. The average Bonchev–Trinajstić information content (AvgIpc) is 2.79. The van der Waals surface area contributed by atoms with Gasteiger partial charge in [0.15, 0.2) is 0 Å². The number of H-pyrrole nitrogens is 1. The third-order valence-corrected chi connectivity index (χ3v) is 3.11. The van der Waals surface area contributed by atoms with Gasteiger partial charge >= 0.3 is 12.1 Å². The number of aromatic carboxylic acids is 1. The van der Waals surface area contributed by atoms with Gasteiger partial charge < -0.3 is 10.8 Å². The van der Waals surface area contributed by atoms with Crippen LogP contribution in [-0.4, -0.2) is 26.3 Å². The fraction of sp³-hybridized carbons (Fsp3) is 0.100. The summed E-state index contributed by atoms with van der Waals surface area (Å²) in [4.78, 5) is 14.5. The van der Waals surface area contributed by atoms with Gasteiger partial charge in [-0.05, 0) is 30.0 Å². The molecule has 0 unspecified atom stereocenters. The molecule has 4 N–H and O–H groups in total. The van der Waals surface area contributed by atoms with E-state index in [1.54, 1.807) is 5.10 Å². The Morgan fingerprint density at radius 3 is 2.65 bits per heavy atom. The maximum atomic E-state index is 12.3. The molecule has 0 radical (unpaired) electrons. The first-order valence-corrected chi connectivity index (χ1v) is 5.89. The van der Waals surface area contributed by atoms with Gasteiger partial charge in [-0.3, -0.25) is 5.10 Å². The second kappa shape index (κ2) is 5.04. The molecule has 0 saturated carbocycles. The Labute approximate surface area is 114 Å². The number of carbonyl (C=O) groups is 1. The van der Waals surface area contributed by atoms with Gasteiger partial charge in [0.05, 0.1) is 5.56 Å². The van der Waals surface area contributed by atoms with Gasteiger partial charge in [0.2, 0.25) is 11.0 Å². The van der Waals surface area contributed by atoms with Crippen LogP contribution in [-0.2, 0) is 6.18 Å². The molecule has 0 bridgehead atoms. The second-order valence-electron chi connectivity index (χ2n) is 3.63. The molecule has 0 fully saturated rings. The van der Waals surface area contributed by atoms with Crippen molar-refractivity contribution in [3.8, 4) is 0 Å². The van der Waals surface area contributed by atoms with Crippen LogP contribution in [0.25, 0.3) is 0 Å². The lowest BCUT2D eigenvalue weighted by molar-refractivity contribution is -0.144. The zero-order chi connectivity index (χ0) is 14.9. The topological polar surface area (TPSA) is 105 Å². The number of nitrogen functional groups attached to an aromatic ring is 1. The molecule has 20 heavy (non-hydrogen) atoms. The number of nitrogens with zero attached hydrogens (tertiary/aromatic N) is 2. The summed E-state index contributed by atoms with van der Waals surface area (Å²) >= 11 is 0.698. The van der Waals surface area contributed by atoms with Crippen molar-refractivity contribution in [1.29, 1.82) is 0 Å². The summed E-state index contributed by atoms with van der Waals surface area (Å²) in [5.41, 5.74) is 5.56. The normalized spacial score (nSPS) is 11.6. The van der Waals surface area contributed by atoms with Gasteiger partial charge in [0.25, 0.3) is 0 Å². The Hall–Kier alpha value is -2.23. The molecule has 1 aromatic carbocycles. The highest BCUT2D eigenvalue weighted by molar-refractivity contribution is 7.99. The van der Waals surface area contributed by atoms with Crippen LogP contribution in [0.5, 0.6) is 0 Å². The fourth-order valence-electron chi connectivity index (χ4n) is 1.32. The predicted octanol–water partition coefficient (Wildman–Crippen LogP) is 2.26. The molecule has 0 aliphatic rings. The third-order valence-electron chi connectivity index (χ3n) is 2.17. The minimum atomic E-state index is -4.64. The van der Waals surface area contributed by atoms with Crippen molar-refractivity contribution >= 4 is 23.4 Å². The van der Waals surface area contributed by atoms with E-state index in [1.165, 1.54) is 18.2 Å². The van der Waals surface area contributed by atoms with Crippen molar-refractivity contribution in [1.82, 2.24) is 15.2 Å². The molecule has 0 saturated heterocycles. The second-order valence-corrected chi connectivity index (χ2v) is 4.64. The van der Waals surface area contributed by atoms with Crippen LogP contribution in [0.4, 0.5) is 18.9 Å². The number of carboxylic acid groups (broad SMARTS) is 1. The number of hydrogen-bond donors (Lipinski definition) is 3. The number of halogens is 3. The summed E-state index contributed by atoms with van der Waals surface area (Å²) in [6.45, 7) is 0. The zero-order valence-electron chi connectivity index (χ0n) is 9.60. The minimum absolute atomic E-state index is 0.131. The standard InChI is InChI=1S/C10H7F3N4O2S/c11-10(12,13)8-15-9(17-16-8)20-6-2-1-4(14)3-5(6)7(18)19/h1-3H,14H2,(H,18,19)(H,15,16,17). The first-order chi connectivity index (χ1) is 9.27. The summed E-state index contributed by atoms with van der Waals surface area (Å²) in [6, 6.07) is 4.03. The molecule has 106 valence electrons. The zero-order valence-corrected chi connectivity index (χ0v) is 10.4. The molecular formula is C10H7F3N4O2S. The van der Waals surface area contributed by atoms with Crippen LogP contribution < -0.4 is 5.73 Å². The molecule has 2 aromatic rings. The third kappa shape index (κ3) is 3.02. The van der Waals surface area contributed by atoms with Crippen LogP contribution in [0, 0.1) is 0 Å². The number of hydrogen-bond acceptors (Lipinski definition) is 5. The van der Waals surface area contributed by atoms with E-state index in [9.17, 15) is 18.0 Å². The number of aromatic amines is 1. The van der Waals surface area contributed by atoms with E-state index >= 15 is 0 Å². The highest BCUT2D eigenvalue weighted by Gasteiger charge is 2.35. The molecule has 0 aliphatic carbocycles. The van der Waals surface area contributed by atoms with E-state index in [4.69, 9.17) is 10.8 Å². The monoisotopic (exact) mass is 304 g/mol. The van der Waals surface area contributed by atoms with E-state index in [2.05, 4.69) is 10.1 Å². The average molecular weight is 304 g/mol. The maximum absolute atomic E-state index is 12.3. The summed E-state index contributed by atoms with van der Waals surface area (Å²) < 4.78 is 37.0. The molecule has 1 heterocycles. The highest BCUT2D eigenvalue weighted by Crippen LogP contribution is 2.32. The molecule has 2 rings (SSSR count). The molecule has 6 nitrogen and oxygen atoms in total. The number of aromatic nitrogens is 3. The van der Waals surface area contributed by atoms with E-state index in [-0.39, 0.29) is 21.3 Å². The number of alkyl halides is 3. The van der Waals surface area contributed by atoms with Crippen molar-refractivity contribution in [2.45, 2.75) is 16.2 Å². The quantitative estimate of drug-likeness (QED) is 0.751. The van der Waals surface area contributed by atoms with Crippen molar-refractivity contribution in [3.05, 3.63) is 29.6 Å². The fourth-order valence-corrected chi connectivity index (χ4v) is 2.14. The lowest BCUT2D eigenvalue weighted by Crippen LogP contribution is -2.07. The summed E-state index contributed by atoms with van der Waals surface area (Å²) in [5.74, 6) is -2.49. The molecule has 0 amide bonds. The van der Waals surface area contributed by atoms with Crippen LogP contribution in [0.2, 0.25) is 0 Å². The van der Waals surface area contributed by atoms with Crippen LogP contribution in [0.15, 0.2) is 28.3 Å². The van der Waals surface area contributed by atoms with Crippen molar-refractivity contribution in [3.63, 3.8) is 0 Å². The Morgan fingerprint density at radius 1 is 1.40 bits per heavy atom. The lowest BCUT2D eigenvalue weighted by atomic mass is 10.2. The van der Waals surface area contributed by atoms with Crippen LogP contribution in [0.1, 0.15) is 16.2 Å². The summed E-state index contributed by atoms with van der Waals surface area (Å²) in [7, 11) is 0. The van der Waals surface area contributed by atoms with E-state index in [0.717, 1.165) is 0 Å². The van der Waals surface area contributed by atoms with Gasteiger partial charge in [0.1, 0.15) is 0 Å². The van der Waals surface area contributed by atoms with Gasteiger partial charge in [0, 0.05) is 10.6 Å². The molecule has 0 spiro atoms. The molecule has 0 aliphatic heterocycles. The summed E-state index contributed by atoms with van der Waals surface area (Å²) in [5, 5.41) is 13.9.